The van der Waals surface area contributed by atoms with Crippen molar-refractivity contribution in [1.82, 2.24) is 0 Å². The molecule has 1 heterocycles. The van der Waals surface area contributed by atoms with Crippen LogP contribution in [0.4, 0.5) is 11.4 Å². The number of anilines is 1. The van der Waals surface area contributed by atoms with E-state index in [1.165, 1.54) is 11.1 Å². The minimum atomic E-state index is 0.128. The molecule has 0 radical (unpaired) electrons. The van der Waals surface area contributed by atoms with Crippen LogP contribution in [0.3, 0.4) is 0 Å². The first-order chi connectivity index (χ1) is 15.1. The predicted molar refractivity (Wildman–Crippen MR) is 126 cm³/mol. The molecular formula is C26H28N2O3. The van der Waals surface area contributed by atoms with Crippen LogP contribution in [0, 0.1) is 13.8 Å². The SMILES string of the molecule is CNc1ccc(OCC2=Nc3ccccc3C2)cc1C.Cc1cccc(OCC=O)c1. The molecule has 0 atom stereocenters. The molecule has 0 aliphatic carbocycles. The van der Waals surface area contributed by atoms with Gasteiger partial charge in [0.2, 0.25) is 0 Å². The van der Waals surface area contributed by atoms with E-state index < -0.39 is 0 Å². The van der Waals surface area contributed by atoms with Crippen LogP contribution in [-0.2, 0) is 11.2 Å². The van der Waals surface area contributed by atoms with Gasteiger partial charge >= 0.3 is 0 Å². The van der Waals surface area contributed by atoms with Crippen LogP contribution in [0.2, 0.25) is 0 Å². The van der Waals surface area contributed by atoms with Crippen LogP contribution in [0.5, 0.6) is 11.5 Å². The summed E-state index contributed by atoms with van der Waals surface area (Å²) in [5.41, 5.74) is 6.89. The maximum atomic E-state index is 9.94. The fourth-order valence-corrected chi connectivity index (χ4v) is 3.29. The maximum absolute atomic E-state index is 9.94. The Morgan fingerprint density at radius 1 is 0.968 bits per heavy atom. The Morgan fingerprint density at radius 2 is 1.77 bits per heavy atom. The molecule has 0 saturated carbocycles. The molecule has 3 aromatic rings. The summed E-state index contributed by atoms with van der Waals surface area (Å²) >= 11 is 0. The molecule has 0 aromatic heterocycles. The van der Waals surface area contributed by atoms with E-state index in [9.17, 15) is 4.79 Å². The van der Waals surface area contributed by atoms with Crippen molar-refractivity contribution in [3.63, 3.8) is 0 Å². The Kier molecular flexibility index (Phi) is 7.82. The van der Waals surface area contributed by atoms with Gasteiger partial charge in [-0.25, -0.2) is 0 Å². The zero-order chi connectivity index (χ0) is 22.1. The first kappa shape index (κ1) is 22.1. The van der Waals surface area contributed by atoms with Gasteiger partial charge in [-0.05, 0) is 66.9 Å². The van der Waals surface area contributed by atoms with Crippen LogP contribution < -0.4 is 14.8 Å². The molecule has 1 aliphatic heterocycles. The number of nitrogens with zero attached hydrogens (tertiary/aromatic N) is 1. The van der Waals surface area contributed by atoms with E-state index in [2.05, 4.69) is 35.4 Å². The molecule has 0 unspecified atom stereocenters. The van der Waals surface area contributed by atoms with Crippen molar-refractivity contribution < 1.29 is 14.3 Å². The van der Waals surface area contributed by atoms with Crippen LogP contribution in [-0.4, -0.2) is 32.3 Å². The second-order valence-electron chi connectivity index (χ2n) is 7.29. The number of para-hydroxylation sites is 1. The number of hydrogen-bond acceptors (Lipinski definition) is 5. The summed E-state index contributed by atoms with van der Waals surface area (Å²) in [6, 6.07) is 21.9. The number of carbonyl (C=O) groups is 1. The fraction of sp³-hybridized carbons (Fsp3) is 0.231. The number of aliphatic imine (C=N–C) groups is 1. The van der Waals surface area contributed by atoms with Crippen LogP contribution in [0.15, 0.2) is 71.7 Å². The van der Waals surface area contributed by atoms with Crippen LogP contribution >= 0.6 is 0 Å². The second-order valence-corrected chi connectivity index (χ2v) is 7.29. The quantitative estimate of drug-likeness (QED) is 0.530. The second kappa shape index (κ2) is 11.0. The van der Waals surface area contributed by atoms with Gasteiger partial charge in [0.05, 0.1) is 11.4 Å². The highest BCUT2D eigenvalue weighted by atomic mass is 16.5. The van der Waals surface area contributed by atoms with Crippen molar-refractivity contribution >= 4 is 23.4 Å². The molecule has 31 heavy (non-hydrogen) atoms. The lowest BCUT2D eigenvalue weighted by Gasteiger charge is -2.09. The largest absolute Gasteiger partial charge is 0.488 e. The van der Waals surface area contributed by atoms with Gasteiger partial charge in [-0.15, -0.1) is 0 Å². The molecule has 160 valence electrons. The Labute approximate surface area is 183 Å². The zero-order valence-corrected chi connectivity index (χ0v) is 18.2. The summed E-state index contributed by atoms with van der Waals surface area (Å²) in [5, 5.41) is 3.15. The number of rotatable bonds is 7. The number of hydrogen-bond donors (Lipinski definition) is 1. The van der Waals surface area contributed by atoms with Gasteiger partial charge in [0.1, 0.15) is 24.7 Å². The molecular weight excluding hydrogens is 388 g/mol. The number of aryl methyl sites for hydroxylation is 2. The van der Waals surface area contributed by atoms with Gasteiger partial charge in [-0.3, -0.25) is 9.79 Å². The Hall–Kier alpha value is -3.60. The number of ether oxygens (including phenoxy) is 2. The Morgan fingerprint density at radius 3 is 2.48 bits per heavy atom. The molecule has 5 nitrogen and oxygen atoms in total. The van der Waals surface area contributed by atoms with E-state index in [4.69, 9.17) is 9.47 Å². The molecule has 5 heteroatoms. The fourth-order valence-electron chi connectivity index (χ4n) is 3.29. The van der Waals surface area contributed by atoms with E-state index in [1.54, 1.807) is 0 Å². The number of carbonyl (C=O) groups excluding carboxylic acids is 1. The highest BCUT2D eigenvalue weighted by Crippen LogP contribution is 2.26. The third-order valence-corrected chi connectivity index (χ3v) is 4.84. The summed E-state index contributed by atoms with van der Waals surface area (Å²) < 4.78 is 10.9. The molecule has 0 saturated heterocycles. The minimum Gasteiger partial charge on any atom is -0.488 e. The van der Waals surface area contributed by atoms with Crippen molar-refractivity contribution in [2.45, 2.75) is 20.3 Å². The summed E-state index contributed by atoms with van der Waals surface area (Å²) in [4.78, 5) is 14.5. The third kappa shape index (κ3) is 6.44. The van der Waals surface area contributed by atoms with E-state index in [1.807, 2.05) is 62.5 Å². The van der Waals surface area contributed by atoms with Crippen molar-refractivity contribution in [3.05, 3.63) is 83.4 Å². The first-order valence-electron chi connectivity index (χ1n) is 10.3. The minimum absolute atomic E-state index is 0.128. The molecule has 3 aromatic carbocycles. The van der Waals surface area contributed by atoms with Gasteiger partial charge < -0.3 is 14.8 Å². The molecule has 4 rings (SSSR count). The summed E-state index contributed by atoms with van der Waals surface area (Å²) in [6.07, 6.45) is 1.63. The average Bonchev–Trinajstić information content (AvgIpc) is 3.20. The van der Waals surface area contributed by atoms with Crippen LogP contribution in [0.1, 0.15) is 16.7 Å². The number of fused-ring (bicyclic) bond motifs is 1. The zero-order valence-electron chi connectivity index (χ0n) is 18.2. The molecule has 0 spiro atoms. The standard InChI is InChI=1S/C17H18N2O.C9H10O2/c1-12-9-15(7-8-16(12)18-2)20-11-14-10-13-5-3-4-6-17(13)19-14;1-8-3-2-4-9(7-8)11-6-5-10/h3-9,18H,10-11H2,1-2H3;2-5,7H,6H2,1H3. The van der Waals surface area contributed by atoms with E-state index in [0.717, 1.165) is 46.9 Å². The van der Waals surface area contributed by atoms with Gasteiger partial charge in [-0.1, -0.05) is 30.3 Å². The highest BCUT2D eigenvalue weighted by Gasteiger charge is 2.14. The topological polar surface area (TPSA) is 59.9 Å². The van der Waals surface area contributed by atoms with Gasteiger partial charge in [0, 0.05) is 19.2 Å². The molecule has 0 fully saturated rings. The molecule has 1 N–H and O–H groups in total. The van der Waals surface area contributed by atoms with Gasteiger partial charge in [-0.2, -0.15) is 0 Å². The monoisotopic (exact) mass is 416 g/mol. The average molecular weight is 417 g/mol. The highest BCUT2D eigenvalue weighted by molar-refractivity contribution is 5.95. The van der Waals surface area contributed by atoms with Crippen molar-refractivity contribution in [2.24, 2.45) is 4.99 Å². The van der Waals surface area contributed by atoms with Crippen LogP contribution in [0.25, 0.3) is 0 Å². The summed E-state index contributed by atoms with van der Waals surface area (Å²) in [6.45, 7) is 4.73. The van der Waals surface area contributed by atoms with Crippen molar-refractivity contribution in [1.29, 1.82) is 0 Å². The van der Waals surface area contributed by atoms with Crippen molar-refractivity contribution in [2.75, 3.05) is 25.6 Å². The Balaban J connectivity index is 0.000000210. The summed E-state index contributed by atoms with van der Waals surface area (Å²) in [7, 11) is 1.92. The molecule has 0 amide bonds. The lowest BCUT2D eigenvalue weighted by atomic mass is 10.1. The number of aldehydes is 1. The summed E-state index contributed by atoms with van der Waals surface area (Å²) in [5.74, 6) is 1.64. The normalized spacial score (nSPS) is 11.5. The molecule has 1 aliphatic rings. The smallest absolute Gasteiger partial charge is 0.157 e. The Bertz CT molecular complexity index is 1060. The van der Waals surface area contributed by atoms with Gasteiger partial charge in [0.15, 0.2) is 6.29 Å². The lowest BCUT2D eigenvalue weighted by Crippen LogP contribution is -2.11. The van der Waals surface area contributed by atoms with Crippen molar-refractivity contribution in [3.8, 4) is 11.5 Å². The van der Waals surface area contributed by atoms with E-state index in [0.29, 0.717) is 6.61 Å². The first-order valence-corrected chi connectivity index (χ1v) is 10.3. The van der Waals surface area contributed by atoms with E-state index in [-0.39, 0.29) is 6.61 Å². The lowest BCUT2D eigenvalue weighted by molar-refractivity contribution is -0.109. The molecule has 0 bridgehead atoms. The maximum Gasteiger partial charge on any atom is 0.157 e. The van der Waals surface area contributed by atoms with Gasteiger partial charge in [0.25, 0.3) is 0 Å². The van der Waals surface area contributed by atoms with E-state index >= 15 is 0 Å². The number of benzene rings is 3. The number of nitrogens with one attached hydrogen (secondary N) is 1. The third-order valence-electron chi connectivity index (χ3n) is 4.84. The predicted octanol–water partition coefficient (Wildman–Crippen LogP) is 5.32.